The number of hydrogen-bond donors (Lipinski definition) is 0. The van der Waals surface area contributed by atoms with E-state index in [2.05, 4.69) is 20.5 Å². The number of nitrogens with zero attached hydrogens (tertiary/aromatic N) is 7. The molecule has 8 heteroatoms. The summed E-state index contributed by atoms with van der Waals surface area (Å²) < 4.78 is 1.93. The van der Waals surface area contributed by atoms with Crippen LogP contribution in [0.2, 0.25) is 0 Å². The topological polar surface area (TPSA) is 81.7 Å². The third-order valence-corrected chi connectivity index (χ3v) is 4.41. The summed E-state index contributed by atoms with van der Waals surface area (Å²) in [6, 6.07) is 11.8. The van der Waals surface area contributed by atoms with Crippen molar-refractivity contribution in [2.75, 3.05) is 13.1 Å². The smallest absolute Gasteiger partial charge is 0.246 e. The summed E-state index contributed by atoms with van der Waals surface area (Å²) in [7, 11) is 0. The number of tetrazole rings is 1. The lowest BCUT2D eigenvalue weighted by Crippen LogP contribution is -2.42. The van der Waals surface area contributed by atoms with E-state index in [0.717, 1.165) is 24.9 Å². The Hall–Kier alpha value is -3.03. The van der Waals surface area contributed by atoms with Crippen LogP contribution in [0.25, 0.3) is 11.4 Å². The number of aromatic nitrogens is 6. The van der Waals surface area contributed by atoms with E-state index in [0.29, 0.717) is 12.4 Å². The minimum Gasteiger partial charge on any atom is -0.339 e. The van der Waals surface area contributed by atoms with Gasteiger partial charge in [-0.25, -0.2) is 0 Å². The normalized spacial score (nSPS) is 17.6. The van der Waals surface area contributed by atoms with Crippen LogP contribution in [-0.2, 0) is 11.3 Å². The average molecular weight is 337 g/mol. The first-order chi connectivity index (χ1) is 12.3. The van der Waals surface area contributed by atoms with Gasteiger partial charge in [-0.3, -0.25) is 9.48 Å². The zero-order valence-electron chi connectivity index (χ0n) is 13.8. The van der Waals surface area contributed by atoms with Crippen LogP contribution in [0.1, 0.15) is 18.9 Å². The lowest BCUT2D eigenvalue weighted by molar-refractivity contribution is -0.134. The van der Waals surface area contributed by atoms with Crippen LogP contribution in [-0.4, -0.2) is 53.9 Å². The van der Waals surface area contributed by atoms with Crippen molar-refractivity contribution in [1.29, 1.82) is 0 Å². The van der Waals surface area contributed by atoms with Crippen molar-refractivity contribution in [2.24, 2.45) is 0 Å². The predicted octanol–water partition coefficient (Wildman–Crippen LogP) is 1.40. The van der Waals surface area contributed by atoms with Gasteiger partial charge in [0.05, 0.1) is 6.04 Å². The highest BCUT2D eigenvalue weighted by Gasteiger charge is 2.25. The van der Waals surface area contributed by atoms with Crippen LogP contribution in [0.5, 0.6) is 0 Å². The first kappa shape index (κ1) is 15.5. The molecule has 25 heavy (non-hydrogen) atoms. The number of piperidine rings is 1. The van der Waals surface area contributed by atoms with Crippen LogP contribution in [0, 0.1) is 0 Å². The lowest BCUT2D eigenvalue weighted by Gasteiger charge is -2.32. The van der Waals surface area contributed by atoms with Crippen molar-refractivity contribution in [3.05, 3.63) is 48.8 Å². The van der Waals surface area contributed by atoms with Crippen molar-refractivity contribution < 1.29 is 4.79 Å². The van der Waals surface area contributed by atoms with Crippen molar-refractivity contribution in [3.8, 4) is 11.4 Å². The molecule has 8 nitrogen and oxygen atoms in total. The van der Waals surface area contributed by atoms with E-state index in [1.54, 1.807) is 6.20 Å². The number of likely N-dealkylation sites (tertiary alicyclic amines) is 1. The van der Waals surface area contributed by atoms with E-state index < -0.39 is 0 Å². The van der Waals surface area contributed by atoms with Crippen LogP contribution in [0.15, 0.2) is 48.8 Å². The molecule has 3 heterocycles. The van der Waals surface area contributed by atoms with Crippen molar-refractivity contribution in [2.45, 2.75) is 25.4 Å². The summed E-state index contributed by atoms with van der Waals surface area (Å²) >= 11 is 0. The van der Waals surface area contributed by atoms with Gasteiger partial charge < -0.3 is 4.90 Å². The largest absolute Gasteiger partial charge is 0.339 e. The van der Waals surface area contributed by atoms with Gasteiger partial charge in [0.1, 0.15) is 6.54 Å². The van der Waals surface area contributed by atoms with Gasteiger partial charge in [0.25, 0.3) is 0 Å². The maximum atomic E-state index is 12.6. The number of amides is 1. The molecule has 0 radical (unpaired) electrons. The van der Waals surface area contributed by atoms with Gasteiger partial charge in [-0.2, -0.15) is 9.90 Å². The van der Waals surface area contributed by atoms with Gasteiger partial charge in [0.15, 0.2) is 0 Å². The highest BCUT2D eigenvalue weighted by Crippen LogP contribution is 2.20. The van der Waals surface area contributed by atoms with Gasteiger partial charge in [0, 0.05) is 31.0 Å². The fourth-order valence-electron chi connectivity index (χ4n) is 3.13. The fraction of sp³-hybridized carbons (Fsp3) is 0.353. The zero-order valence-corrected chi connectivity index (χ0v) is 13.8. The number of hydrogen-bond acceptors (Lipinski definition) is 5. The van der Waals surface area contributed by atoms with Gasteiger partial charge >= 0.3 is 0 Å². The van der Waals surface area contributed by atoms with Crippen LogP contribution in [0.3, 0.4) is 0 Å². The summed E-state index contributed by atoms with van der Waals surface area (Å²) in [5.41, 5.74) is 0.887. The van der Waals surface area contributed by atoms with E-state index in [-0.39, 0.29) is 18.5 Å². The Morgan fingerprint density at radius 2 is 2.08 bits per heavy atom. The number of carbonyl (C=O) groups is 1. The minimum absolute atomic E-state index is 0.00821. The van der Waals surface area contributed by atoms with E-state index in [4.69, 9.17) is 0 Å². The lowest BCUT2D eigenvalue weighted by atomic mass is 10.1. The Morgan fingerprint density at radius 3 is 2.88 bits per heavy atom. The molecule has 128 valence electrons. The van der Waals surface area contributed by atoms with E-state index >= 15 is 0 Å². The Labute approximate surface area is 145 Å². The summed E-state index contributed by atoms with van der Waals surface area (Å²) in [6.45, 7) is 1.53. The van der Waals surface area contributed by atoms with Gasteiger partial charge in [-0.1, -0.05) is 30.3 Å². The first-order valence-corrected chi connectivity index (χ1v) is 8.40. The summed E-state index contributed by atoms with van der Waals surface area (Å²) in [5.74, 6) is 0.537. The van der Waals surface area contributed by atoms with Gasteiger partial charge in [0.2, 0.25) is 11.7 Å². The molecule has 1 amide bonds. The second kappa shape index (κ2) is 6.84. The average Bonchev–Trinajstić information content (AvgIpc) is 3.35. The monoisotopic (exact) mass is 337 g/mol. The Morgan fingerprint density at radius 1 is 1.20 bits per heavy atom. The van der Waals surface area contributed by atoms with Crippen LogP contribution in [0.4, 0.5) is 0 Å². The SMILES string of the molecule is O=C(Cn1nnc(-c2ccccc2)n1)N1CCC[C@H](n2cccn2)C1. The van der Waals surface area contributed by atoms with Gasteiger partial charge in [-0.15, -0.1) is 10.2 Å². The molecule has 1 atom stereocenters. The molecule has 2 aromatic heterocycles. The second-order valence-electron chi connectivity index (χ2n) is 6.13. The molecule has 1 saturated heterocycles. The molecule has 4 rings (SSSR count). The highest BCUT2D eigenvalue weighted by atomic mass is 16.2. The van der Waals surface area contributed by atoms with E-state index in [1.807, 2.05) is 52.2 Å². The zero-order chi connectivity index (χ0) is 17.1. The molecule has 0 saturated carbocycles. The van der Waals surface area contributed by atoms with Crippen LogP contribution < -0.4 is 0 Å². The predicted molar refractivity (Wildman–Crippen MR) is 90.3 cm³/mol. The summed E-state index contributed by atoms with van der Waals surface area (Å²) in [6.07, 6.45) is 5.72. The standard InChI is InChI=1S/C17H19N7O/c25-16(22-10-4-8-15(12-22)23-11-5-9-18-23)13-24-20-17(19-21-24)14-6-2-1-3-7-14/h1-3,5-7,9,11,15H,4,8,10,12-13H2/t15-/m0/s1. The molecule has 1 aliphatic rings. The maximum absolute atomic E-state index is 12.6. The molecule has 1 fully saturated rings. The molecule has 1 aromatic carbocycles. The Kier molecular flexibility index (Phi) is 4.24. The molecule has 3 aromatic rings. The fourth-order valence-corrected chi connectivity index (χ4v) is 3.13. The number of rotatable bonds is 4. The Bertz CT molecular complexity index is 828. The maximum Gasteiger partial charge on any atom is 0.246 e. The second-order valence-corrected chi connectivity index (χ2v) is 6.13. The van der Waals surface area contributed by atoms with Crippen molar-refractivity contribution >= 4 is 5.91 Å². The number of carbonyl (C=O) groups excluding carboxylic acids is 1. The molecule has 0 bridgehead atoms. The minimum atomic E-state index is 0.00821. The molecule has 0 unspecified atom stereocenters. The van der Waals surface area contributed by atoms with E-state index in [1.165, 1.54) is 4.80 Å². The summed E-state index contributed by atoms with van der Waals surface area (Å²) in [4.78, 5) is 15.8. The molecule has 0 aliphatic carbocycles. The molecule has 0 N–H and O–H groups in total. The quantitative estimate of drug-likeness (QED) is 0.719. The van der Waals surface area contributed by atoms with Crippen molar-refractivity contribution in [1.82, 2.24) is 34.9 Å². The number of benzene rings is 1. The third-order valence-electron chi connectivity index (χ3n) is 4.41. The van der Waals surface area contributed by atoms with Crippen molar-refractivity contribution in [3.63, 3.8) is 0 Å². The first-order valence-electron chi connectivity index (χ1n) is 8.40. The van der Waals surface area contributed by atoms with Crippen LogP contribution >= 0.6 is 0 Å². The molecular formula is C17H19N7O. The van der Waals surface area contributed by atoms with Gasteiger partial charge in [-0.05, 0) is 24.1 Å². The molecule has 0 spiro atoms. The third kappa shape index (κ3) is 3.42. The Balaban J connectivity index is 1.41. The highest BCUT2D eigenvalue weighted by molar-refractivity contribution is 5.76. The molecule has 1 aliphatic heterocycles. The molecular weight excluding hydrogens is 318 g/mol. The summed E-state index contributed by atoms with van der Waals surface area (Å²) in [5, 5.41) is 16.7. The van der Waals surface area contributed by atoms with E-state index in [9.17, 15) is 4.79 Å².